The first kappa shape index (κ1) is 10.9. The predicted molar refractivity (Wildman–Crippen MR) is 65.4 cm³/mol. The number of aromatic nitrogens is 2. The third-order valence-corrected chi connectivity index (χ3v) is 2.62. The lowest BCUT2D eigenvalue weighted by atomic mass is 10.1. The van der Waals surface area contributed by atoms with Crippen molar-refractivity contribution in [1.82, 2.24) is 15.1 Å². The quantitative estimate of drug-likeness (QED) is 0.827. The van der Waals surface area contributed by atoms with Crippen LogP contribution in [0.25, 0.3) is 0 Å². The van der Waals surface area contributed by atoms with Crippen LogP contribution in [0.4, 0.5) is 0 Å². The van der Waals surface area contributed by atoms with Gasteiger partial charge in [-0.3, -0.25) is 4.68 Å². The van der Waals surface area contributed by atoms with E-state index in [4.69, 9.17) is 0 Å². The van der Waals surface area contributed by atoms with Crippen LogP contribution in [0.2, 0.25) is 0 Å². The van der Waals surface area contributed by atoms with Crippen LogP contribution >= 0.6 is 0 Å². The Bertz CT molecular complexity index is 394. The average Bonchev–Trinajstić information content (AvgIpc) is 2.85. The summed E-state index contributed by atoms with van der Waals surface area (Å²) in [6.07, 6.45) is 3.83. The maximum Gasteiger partial charge on any atom is 0.0892 e. The summed E-state index contributed by atoms with van der Waals surface area (Å²) in [6, 6.07) is 12.7. The molecule has 0 radical (unpaired) electrons. The lowest BCUT2D eigenvalue weighted by Crippen LogP contribution is -2.26. The molecule has 0 aliphatic carbocycles. The van der Waals surface area contributed by atoms with Crippen LogP contribution < -0.4 is 5.32 Å². The lowest BCUT2D eigenvalue weighted by Gasteiger charge is -2.18. The number of hydrogen-bond donors (Lipinski definition) is 1. The van der Waals surface area contributed by atoms with Gasteiger partial charge in [-0.05, 0) is 18.2 Å². The molecule has 2 aromatic rings. The molecule has 0 aliphatic rings. The highest BCUT2D eigenvalue weighted by atomic mass is 15.3. The van der Waals surface area contributed by atoms with Crippen LogP contribution in [0.1, 0.15) is 18.5 Å². The molecule has 0 fully saturated rings. The minimum Gasteiger partial charge on any atom is -0.315 e. The van der Waals surface area contributed by atoms with E-state index < -0.39 is 0 Å². The number of nitrogens with zero attached hydrogens (tertiary/aromatic N) is 2. The van der Waals surface area contributed by atoms with Gasteiger partial charge in [0, 0.05) is 18.9 Å². The second-order valence-corrected chi connectivity index (χ2v) is 3.72. The van der Waals surface area contributed by atoms with Crippen molar-refractivity contribution < 1.29 is 0 Å². The highest BCUT2D eigenvalue weighted by Crippen LogP contribution is 2.15. The fourth-order valence-electron chi connectivity index (χ4n) is 1.79. The van der Waals surface area contributed by atoms with Gasteiger partial charge in [0.25, 0.3) is 0 Å². The highest BCUT2D eigenvalue weighted by molar-refractivity contribution is 5.20. The fourth-order valence-corrected chi connectivity index (χ4v) is 1.79. The van der Waals surface area contributed by atoms with Crippen molar-refractivity contribution in [3.63, 3.8) is 0 Å². The number of rotatable bonds is 5. The SMILES string of the molecule is CCNCC(c1ccccc1)n1cccn1. The summed E-state index contributed by atoms with van der Waals surface area (Å²) in [4.78, 5) is 0. The number of benzene rings is 1. The number of hydrogen-bond acceptors (Lipinski definition) is 2. The van der Waals surface area contributed by atoms with E-state index in [2.05, 4.69) is 41.6 Å². The molecule has 1 unspecified atom stereocenters. The van der Waals surface area contributed by atoms with Crippen molar-refractivity contribution in [1.29, 1.82) is 0 Å². The molecule has 0 aliphatic heterocycles. The van der Waals surface area contributed by atoms with E-state index in [9.17, 15) is 0 Å². The maximum absolute atomic E-state index is 4.32. The van der Waals surface area contributed by atoms with E-state index in [0.29, 0.717) is 0 Å². The summed E-state index contributed by atoms with van der Waals surface area (Å²) >= 11 is 0. The molecule has 1 atom stereocenters. The zero-order valence-corrected chi connectivity index (χ0v) is 9.50. The third-order valence-electron chi connectivity index (χ3n) is 2.62. The molecule has 84 valence electrons. The molecule has 3 nitrogen and oxygen atoms in total. The van der Waals surface area contributed by atoms with Crippen LogP contribution in [-0.2, 0) is 0 Å². The molecular formula is C13H17N3. The van der Waals surface area contributed by atoms with Crippen LogP contribution in [-0.4, -0.2) is 22.9 Å². The van der Waals surface area contributed by atoms with E-state index >= 15 is 0 Å². The smallest absolute Gasteiger partial charge is 0.0892 e. The van der Waals surface area contributed by atoms with Crippen molar-refractivity contribution in [3.05, 3.63) is 54.4 Å². The van der Waals surface area contributed by atoms with E-state index in [0.717, 1.165) is 13.1 Å². The number of nitrogens with one attached hydrogen (secondary N) is 1. The Morgan fingerprint density at radius 3 is 2.69 bits per heavy atom. The summed E-state index contributed by atoms with van der Waals surface area (Å²) in [5.41, 5.74) is 1.28. The number of likely N-dealkylation sites (N-methyl/N-ethyl adjacent to an activating group) is 1. The van der Waals surface area contributed by atoms with E-state index in [1.54, 1.807) is 0 Å². The van der Waals surface area contributed by atoms with E-state index in [-0.39, 0.29) is 6.04 Å². The molecule has 0 bridgehead atoms. The third kappa shape index (κ3) is 2.49. The minimum absolute atomic E-state index is 0.274. The van der Waals surface area contributed by atoms with Crippen molar-refractivity contribution in [3.8, 4) is 0 Å². The topological polar surface area (TPSA) is 29.9 Å². The maximum atomic E-state index is 4.32. The van der Waals surface area contributed by atoms with Gasteiger partial charge in [0.05, 0.1) is 6.04 Å². The van der Waals surface area contributed by atoms with Crippen LogP contribution in [0.3, 0.4) is 0 Å². The van der Waals surface area contributed by atoms with Gasteiger partial charge in [-0.2, -0.15) is 5.10 Å². The van der Waals surface area contributed by atoms with Crippen molar-refractivity contribution in [2.24, 2.45) is 0 Å². The molecule has 2 rings (SSSR count). The summed E-state index contributed by atoms with van der Waals surface area (Å²) < 4.78 is 2.00. The second kappa shape index (κ2) is 5.47. The molecule has 0 saturated carbocycles. The molecular weight excluding hydrogens is 198 g/mol. The predicted octanol–water partition coefficient (Wildman–Crippen LogP) is 2.08. The van der Waals surface area contributed by atoms with Crippen LogP contribution in [0.15, 0.2) is 48.8 Å². The first-order valence-corrected chi connectivity index (χ1v) is 5.66. The van der Waals surface area contributed by atoms with E-state index in [1.807, 2.05) is 29.2 Å². The van der Waals surface area contributed by atoms with Gasteiger partial charge in [-0.1, -0.05) is 37.3 Å². The summed E-state index contributed by atoms with van der Waals surface area (Å²) in [6.45, 7) is 4.00. The monoisotopic (exact) mass is 215 g/mol. The summed E-state index contributed by atoms with van der Waals surface area (Å²) in [5.74, 6) is 0. The van der Waals surface area contributed by atoms with Gasteiger partial charge in [0.2, 0.25) is 0 Å². The standard InChI is InChI=1S/C13H17N3/c1-2-14-11-13(16-10-6-9-15-16)12-7-4-3-5-8-12/h3-10,13-14H,2,11H2,1H3. The minimum atomic E-state index is 0.274. The largest absolute Gasteiger partial charge is 0.315 e. The second-order valence-electron chi connectivity index (χ2n) is 3.72. The van der Waals surface area contributed by atoms with Gasteiger partial charge in [0.15, 0.2) is 0 Å². The van der Waals surface area contributed by atoms with Crippen molar-refractivity contribution in [2.75, 3.05) is 13.1 Å². The molecule has 16 heavy (non-hydrogen) atoms. The van der Waals surface area contributed by atoms with Gasteiger partial charge >= 0.3 is 0 Å². The first-order valence-electron chi connectivity index (χ1n) is 5.66. The summed E-state index contributed by atoms with van der Waals surface area (Å²) in [7, 11) is 0. The molecule has 1 aromatic carbocycles. The first-order chi connectivity index (χ1) is 7.92. The van der Waals surface area contributed by atoms with Gasteiger partial charge in [0.1, 0.15) is 0 Å². The Hall–Kier alpha value is -1.61. The van der Waals surface area contributed by atoms with Crippen LogP contribution in [0.5, 0.6) is 0 Å². The van der Waals surface area contributed by atoms with Crippen LogP contribution in [0, 0.1) is 0 Å². The van der Waals surface area contributed by atoms with Gasteiger partial charge in [-0.15, -0.1) is 0 Å². The lowest BCUT2D eigenvalue weighted by molar-refractivity contribution is 0.487. The molecule has 1 heterocycles. The Morgan fingerprint density at radius 1 is 1.25 bits per heavy atom. The Balaban J connectivity index is 2.21. The zero-order valence-electron chi connectivity index (χ0n) is 9.50. The fraction of sp³-hybridized carbons (Fsp3) is 0.308. The normalized spacial score (nSPS) is 12.6. The molecule has 0 amide bonds. The Labute approximate surface area is 96.1 Å². The molecule has 0 spiro atoms. The molecule has 1 aromatic heterocycles. The highest BCUT2D eigenvalue weighted by Gasteiger charge is 2.12. The van der Waals surface area contributed by atoms with Gasteiger partial charge < -0.3 is 5.32 Å². The van der Waals surface area contributed by atoms with E-state index in [1.165, 1.54) is 5.56 Å². The molecule has 3 heteroatoms. The molecule has 1 N–H and O–H groups in total. The van der Waals surface area contributed by atoms with Crippen molar-refractivity contribution >= 4 is 0 Å². The zero-order chi connectivity index (χ0) is 11.2. The Morgan fingerprint density at radius 2 is 2.06 bits per heavy atom. The average molecular weight is 215 g/mol. The summed E-state index contributed by atoms with van der Waals surface area (Å²) in [5, 5.41) is 7.70. The van der Waals surface area contributed by atoms with Gasteiger partial charge in [-0.25, -0.2) is 0 Å². The molecule has 0 saturated heterocycles. The Kier molecular flexibility index (Phi) is 3.72. The van der Waals surface area contributed by atoms with Crippen molar-refractivity contribution in [2.45, 2.75) is 13.0 Å².